The van der Waals surface area contributed by atoms with Crippen molar-refractivity contribution in [3.8, 4) is 44.8 Å². The first kappa shape index (κ1) is 42.7. The van der Waals surface area contributed by atoms with E-state index in [4.69, 9.17) is 0 Å². The van der Waals surface area contributed by atoms with E-state index in [1.165, 1.54) is 109 Å². The molecule has 0 fully saturated rings. The van der Waals surface area contributed by atoms with Gasteiger partial charge in [-0.25, -0.2) is 0 Å². The first-order valence-corrected chi connectivity index (χ1v) is 25.8. The highest BCUT2D eigenvalue weighted by Gasteiger charge is 2.23. The van der Waals surface area contributed by atoms with E-state index in [0.29, 0.717) is 0 Å². The van der Waals surface area contributed by atoms with Gasteiger partial charge < -0.3 is 14.0 Å². The maximum atomic E-state index is 2.48. The van der Waals surface area contributed by atoms with Gasteiger partial charge in [0.2, 0.25) is 0 Å². The van der Waals surface area contributed by atoms with Crippen LogP contribution >= 0.6 is 0 Å². The van der Waals surface area contributed by atoms with Crippen LogP contribution in [0.3, 0.4) is 0 Å². The number of para-hydroxylation sites is 4. The first-order chi connectivity index (χ1) is 37.2. The van der Waals surface area contributed by atoms with Crippen LogP contribution in [0, 0.1) is 0 Å². The molecule has 15 rings (SSSR count). The number of aromatic nitrogens is 2. The van der Waals surface area contributed by atoms with Gasteiger partial charge in [0.15, 0.2) is 0 Å². The molecular weight excluding hydrogens is 907 g/mol. The molecule has 0 aliphatic heterocycles. The van der Waals surface area contributed by atoms with E-state index in [0.717, 1.165) is 28.4 Å². The van der Waals surface area contributed by atoms with Gasteiger partial charge in [-0.1, -0.05) is 206 Å². The number of benzene rings is 13. The quantitative estimate of drug-likeness (QED) is 0.148. The third-order valence-electron chi connectivity index (χ3n) is 15.5. The summed E-state index contributed by atoms with van der Waals surface area (Å²) in [6, 6.07) is 105. The Morgan fingerprint density at radius 1 is 0.227 bits per heavy atom. The molecule has 2 aromatic heterocycles. The van der Waals surface area contributed by atoms with E-state index < -0.39 is 0 Å². The second-order valence-corrected chi connectivity index (χ2v) is 19.6. The van der Waals surface area contributed by atoms with Gasteiger partial charge in [0.1, 0.15) is 0 Å². The molecule has 75 heavy (non-hydrogen) atoms. The van der Waals surface area contributed by atoms with Crippen LogP contribution < -0.4 is 4.90 Å². The SMILES string of the molecule is c1ccc(-n2c3ccccc3c3cc(-c4ccc(N(c5ccc(-c6cccc7ccccc67)cc5)c5ccc(-c6ccc7c8ccccc8n(-c8ccccc8)c7c6)c6ccccc56)c5ccccc45)ccc32)cc1. The minimum absolute atomic E-state index is 1.08. The summed E-state index contributed by atoms with van der Waals surface area (Å²) in [7, 11) is 0. The minimum atomic E-state index is 1.08. The summed E-state index contributed by atoms with van der Waals surface area (Å²) in [5.74, 6) is 0. The Hall–Kier alpha value is -9.96. The average Bonchev–Trinajstić information content (AvgIpc) is 4.04. The average molecular weight is 954 g/mol. The minimum Gasteiger partial charge on any atom is -0.309 e. The molecular formula is C72H47N3. The third kappa shape index (κ3) is 6.90. The zero-order valence-electron chi connectivity index (χ0n) is 41.0. The van der Waals surface area contributed by atoms with Crippen molar-refractivity contribution >= 4 is 93.0 Å². The highest BCUT2D eigenvalue weighted by atomic mass is 15.1. The lowest BCUT2D eigenvalue weighted by Crippen LogP contribution is -2.11. The zero-order chi connectivity index (χ0) is 49.4. The molecule has 0 saturated carbocycles. The second kappa shape index (κ2) is 17.4. The highest BCUT2D eigenvalue weighted by Crippen LogP contribution is 2.47. The topological polar surface area (TPSA) is 13.1 Å². The third-order valence-corrected chi connectivity index (χ3v) is 15.5. The molecule has 0 radical (unpaired) electrons. The molecule has 350 valence electrons. The van der Waals surface area contributed by atoms with E-state index in [1.807, 2.05) is 0 Å². The maximum Gasteiger partial charge on any atom is 0.0547 e. The summed E-state index contributed by atoms with van der Waals surface area (Å²) in [4.78, 5) is 2.48. The summed E-state index contributed by atoms with van der Waals surface area (Å²) in [5.41, 5.74) is 17.6. The van der Waals surface area contributed by atoms with Gasteiger partial charge in [0.25, 0.3) is 0 Å². The number of hydrogen-bond acceptors (Lipinski definition) is 1. The standard InChI is InChI=1S/C72H47N3/c1-3-20-52(21-4-1)73-68-33-16-14-30-64(68)66-46-50(37-43-71(66)73)57-41-44-69(61-27-11-9-25-59(57)61)74(54-38-34-49(35-39-54)56-31-17-19-48-18-7-8-24-55(48)56)70-45-42-58(60-26-10-12-28-62(60)70)51-36-40-65-63-29-13-15-32-67(63)75(72(65)47-51)53-22-5-2-6-23-53/h1-47H. The Bertz CT molecular complexity index is 4690. The van der Waals surface area contributed by atoms with Crippen molar-refractivity contribution in [3.05, 3.63) is 285 Å². The monoisotopic (exact) mass is 953 g/mol. The van der Waals surface area contributed by atoms with Crippen LogP contribution in [0.15, 0.2) is 285 Å². The highest BCUT2D eigenvalue weighted by molar-refractivity contribution is 6.15. The molecule has 0 spiro atoms. The molecule has 0 amide bonds. The lowest BCUT2D eigenvalue weighted by atomic mass is 9.93. The smallest absolute Gasteiger partial charge is 0.0547 e. The van der Waals surface area contributed by atoms with Gasteiger partial charge in [0.05, 0.1) is 33.4 Å². The van der Waals surface area contributed by atoms with Gasteiger partial charge in [0, 0.05) is 49.4 Å². The molecule has 3 nitrogen and oxygen atoms in total. The van der Waals surface area contributed by atoms with Crippen molar-refractivity contribution in [2.45, 2.75) is 0 Å². The predicted octanol–water partition coefficient (Wildman–Crippen LogP) is 19.8. The Balaban J connectivity index is 0.921. The van der Waals surface area contributed by atoms with Gasteiger partial charge in [-0.2, -0.15) is 0 Å². The van der Waals surface area contributed by atoms with Crippen molar-refractivity contribution < 1.29 is 0 Å². The normalized spacial score (nSPS) is 11.7. The molecule has 0 saturated heterocycles. The molecule has 0 unspecified atom stereocenters. The largest absolute Gasteiger partial charge is 0.309 e. The first-order valence-electron chi connectivity index (χ1n) is 25.8. The van der Waals surface area contributed by atoms with Gasteiger partial charge in [-0.05, 0) is 134 Å². The Morgan fingerprint density at radius 3 is 1.28 bits per heavy atom. The van der Waals surface area contributed by atoms with Crippen molar-refractivity contribution in [1.82, 2.24) is 9.13 Å². The molecule has 0 N–H and O–H groups in total. The second-order valence-electron chi connectivity index (χ2n) is 19.6. The molecule has 0 bridgehead atoms. The van der Waals surface area contributed by atoms with Gasteiger partial charge in [-0.15, -0.1) is 0 Å². The van der Waals surface area contributed by atoms with Crippen LogP contribution in [0.5, 0.6) is 0 Å². The van der Waals surface area contributed by atoms with Crippen molar-refractivity contribution in [3.63, 3.8) is 0 Å². The summed E-state index contributed by atoms with van der Waals surface area (Å²) in [5, 5.41) is 12.2. The van der Waals surface area contributed by atoms with Crippen LogP contribution in [-0.2, 0) is 0 Å². The van der Waals surface area contributed by atoms with Crippen molar-refractivity contribution in [1.29, 1.82) is 0 Å². The van der Waals surface area contributed by atoms with Gasteiger partial charge >= 0.3 is 0 Å². The maximum absolute atomic E-state index is 2.48. The number of nitrogens with zero attached hydrogens (tertiary/aromatic N) is 3. The molecule has 0 aliphatic rings. The van der Waals surface area contributed by atoms with E-state index >= 15 is 0 Å². The lowest BCUT2D eigenvalue weighted by Gasteiger charge is -2.29. The Kier molecular flexibility index (Phi) is 9.89. The lowest BCUT2D eigenvalue weighted by molar-refractivity contribution is 1.18. The van der Waals surface area contributed by atoms with E-state index in [-0.39, 0.29) is 0 Å². The molecule has 0 aliphatic carbocycles. The molecule has 15 aromatic rings. The number of hydrogen-bond donors (Lipinski definition) is 0. The van der Waals surface area contributed by atoms with Crippen LogP contribution in [0.2, 0.25) is 0 Å². The van der Waals surface area contributed by atoms with Gasteiger partial charge in [-0.3, -0.25) is 0 Å². The van der Waals surface area contributed by atoms with E-state index in [2.05, 4.69) is 299 Å². The summed E-state index contributed by atoms with van der Waals surface area (Å²) >= 11 is 0. The molecule has 2 heterocycles. The zero-order valence-corrected chi connectivity index (χ0v) is 41.0. The van der Waals surface area contributed by atoms with Crippen LogP contribution in [0.25, 0.3) is 121 Å². The molecule has 13 aromatic carbocycles. The van der Waals surface area contributed by atoms with E-state index in [1.54, 1.807) is 0 Å². The van der Waals surface area contributed by atoms with Crippen LogP contribution in [-0.4, -0.2) is 9.13 Å². The Labute approximate surface area is 434 Å². The summed E-state index contributed by atoms with van der Waals surface area (Å²) in [6.07, 6.45) is 0. The fourth-order valence-corrected chi connectivity index (χ4v) is 12.1. The Morgan fingerprint density at radius 2 is 0.653 bits per heavy atom. The van der Waals surface area contributed by atoms with Crippen LogP contribution in [0.1, 0.15) is 0 Å². The fraction of sp³-hybridized carbons (Fsp3) is 0. The fourth-order valence-electron chi connectivity index (χ4n) is 12.1. The van der Waals surface area contributed by atoms with Crippen LogP contribution in [0.4, 0.5) is 17.1 Å². The predicted molar refractivity (Wildman–Crippen MR) is 319 cm³/mol. The van der Waals surface area contributed by atoms with E-state index in [9.17, 15) is 0 Å². The number of anilines is 3. The summed E-state index contributed by atoms with van der Waals surface area (Å²) in [6.45, 7) is 0. The summed E-state index contributed by atoms with van der Waals surface area (Å²) < 4.78 is 4.79. The van der Waals surface area contributed by atoms with Crippen molar-refractivity contribution in [2.75, 3.05) is 4.90 Å². The number of fused-ring (bicyclic) bond motifs is 9. The van der Waals surface area contributed by atoms with Crippen molar-refractivity contribution in [2.24, 2.45) is 0 Å². The number of rotatable bonds is 8. The molecule has 3 heteroatoms. The molecule has 0 atom stereocenters.